The van der Waals surface area contributed by atoms with Gasteiger partial charge in [-0.25, -0.2) is 9.78 Å². The van der Waals surface area contributed by atoms with Crippen molar-refractivity contribution in [3.63, 3.8) is 0 Å². The van der Waals surface area contributed by atoms with E-state index in [0.29, 0.717) is 28.5 Å². The highest BCUT2D eigenvalue weighted by Gasteiger charge is 2.15. The van der Waals surface area contributed by atoms with Gasteiger partial charge in [-0.1, -0.05) is 11.6 Å². The van der Waals surface area contributed by atoms with Crippen molar-refractivity contribution in [2.75, 3.05) is 7.11 Å². The number of ether oxygens (including phenoxy) is 1. The molecule has 7 nitrogen and oxygen atoms in total. The minimum Gasteiger partial charge on any atom is -0.497 e. The predicted molar refractivity (Wildman–Crippen MR) is 87.3 cm³/mol. The van der Waals surface area contributed by atoms with Gasteiger partial charge in [0.25, 0.3) is 5.56 Å². The number of benzene rings is 1. The lowest BCUT2D eigenvalue weighted by Crippen LogP contribution is -2.37. The van der Waals surface area contributed by atoms with Crippen LogP contribution in [0.5, 0.6) is 5.75 Å². The minimum atomic E-state index is -0.410. The molecular weight excluding hydrogens is 320 g/mol. The highest BCUT2D eigenvalue weighted by Crippen LogP contribution is 2.23. The molecule has 2 heterocycles. The van der Waals surface area contributed by atoms with Crippen molar-refractivity contribution in [1.29, 1.82) is 0 Å². The predicted octanol–water partition coefficient (Wildman–Crippen LogP) is 1.14. The number of aromatic nitrogens is 4. The fourth-order valence-corrected chi connectivity index (χ4v) is 2.68. The molecule has 3 rings (SSSR count). The van der Waals surface area contributed by atoms with E-state index in [0.717, 1.165) is 10.1 Å². The monoisotopic (exact) mass is 334 g/mol. The molecule has 0 radical (unpaired) electrons. The second-order valence-electron chi connectivity index (χ2n) is 5.21. The Labute approximate surface area is 136 Å². The molecular formula is C15H15ClN4O3. The Morgan fingerprint density at radius 2 is 1.96 bits per heavy atom. The summed E-state index contributed by atoms with van der Waals surface area (Å²) in [6.45, 7) is 0.347. The van der Waals surface area contributed by atoms with Crippen LogP contribution >= 0.6 is 11.6 Å². The molecule has 0 aliphatic rings. The number of hydrogen-bond donors (Lipinski definition) is 0. The summed E-state index contributed by atoms with van der Waals surface area (Å²) < 4.78 is 9.29. The van der Waals surface area contributed by atoms with Crippen LogP contribution in [0.3, 0.4) is 0 Å². The van der Waals surface area contributed by atoms with E-state index in [2.05, 4.69) is 4.98 Å². The van der Waals surface area contributed by atoms with Gasteiger partial charge >= 0.3 is 5.69 Å². The number of methoxy groups -OCH3 is 1. The van der Waals surface area contributed by atoms with Crippen LogP contribution in [0.2, 0.25) is 5.02 Å². The maximum atomic E-state index is 12.4. The topological polar surface area (TPSA) is 71.1 Å². The van der Waals surface area contributed by atoms with E-state index < -0.39 is 5.69 Å². The molecule has 2 aromatic heterocycles. The Kier molecular flexibility index (Phi) is 3.73. The quantitative estimate of drug-likeness (QED) is 0.720. The molecule has 23 heavy (non-hydrogen) atoms. The molecule has 0 saturated carbocycles. The summed E-state index contributed by atoms with van der Waals surface area (Å²) in [4.78, 5) is 28.5. The van der Waals surface area contributed by atoms with Crippen molar-refractivity contribution in [2.45, 2.75) is 6.54 Å². The molecule has 0 unspecified atom stereocenters. The Balaban J connectivity index is 2.19. The van der Waals surface area contributed by atoms with Crippen molar-refractivity contribution in [2.24, 2.45) is 14.1 Å². The van der Waals surface area contributed by atoms with Gasteiger partial charge in [-0.15, -0.1) is 0 Å². The molecule has 8 heteroatoms. The lowest BCUT2D eigenvalue weighted by Gasteiger charge is -2.09. The van der Waals surface area contributed by atoms with Crippen molar-refractivity contribution in [3.8, 4) is 5.75 Å². The van der Waals surface area contributed by atoms with Crippen LogP contribution < -0.4 is 16.0 Å². The SMILES string of the molecule is COc1ccc(Cl)c(Cn2cnc3c2c(=O)n(C)c(=O)n3C)c1. The van der Waals surface area contributed by atoms with E-state index in [4.69, 9.17) is 16.3 Å². The molecule has 0 aliphatic carbocycles. The average Bonchev–Trinajstić information content (AvgIpc) is 2.96. The summed E-state index contributed by atoms with van der Waals surface area (Å²) >= 11 is 6.22. The van der Waals surface area contributed by atoms with Crippen LogP contribution in [-0.4, -0.2) is 25.8 Å². The second kappa shape index (κ2) is 5.58. The van der Waals surface area contributed by atoms with Crippen molar-refractivity contribution >= 4 is 22.8 Å². The molecule has 1 aromatic carbocycles. The second-order valence-corrected chi connectivity index (χ2v) is 5.61. The Morgan fingerprint density at radius 3 is 2.65 bits per heavy atom. The Hall–Kier alpha value is -2.54. The van der Waals surface area contributed by atoms with Crippen LogP contribution in [0.25, 0.3) is 11.2 Å². The summed E-state index contributed by atoms with van der Waals surface area (Å²) in [5.74, 6) is 0.675. The van der Waals surface area contributed by atoms with Gasteiger partial charge in [0.2, 0.25) is 0 Å². The van der Waals surface area contributed by atoms with E-state index in [1.165, 1.54) is 17.9 Å². The van der Waals surface area contributed by atoms with Crippen LogP contribution in [0.15, 0.2) is 34.1 Å². The third-order valence-corrected chi connectivity index (χ3v) is 4.18. The van der Waals surface area contributed by atoms with E-state index in [9.17, 15) is 9.59 Å². The summed E-state index contributed by atoms with van der Waals surface area (Å²) in [5.41, 5.74) is 0.693. The number of imidazole rings is 1. The van der Waals surface area contributed by atoms with Gasteiger partial charge < -0.3 is 9.30 Å². The van der Waals surface area contributed by atoms with Gasteiger partial charge in [0.15, 0.2) is 11.2 Å². The molecule has 0 saturated heterocycles. The molecule has 0 atom stereocenters. The molecule has 3 aromatic rings. The fourth-order valence-electron chi connectivity index (χ4n) is 2.50. The minimum absolute atomic E-state index is 0.345. The van der Waals surface area contributed by atoms with Crippen LogP contribution in [-0.2, 0) is 20.6 Å². The van der Waals surface area contributed by atoms with Crippen molar-refractivity contribution in [3.05, 3.63) is 56.0 Å². The van der Waals surface area contributed by atoms with E-state index in [1.807, 2.05) is 0 Å². The third-order valence-electron chi connectivity index (χ3n) is 3.81. The normalized spacial score (nSPS) is 11.1. The first-order valence-corrected chi connectivity index (χ1v) is 7.25. The molecule has 0 bridgehead atoms. The molecule has 0 fully saturated rings. The number of fused-ring (bicyclic) bond motifs is 1. The van der Waals surface area contributed by atoms with Gasteiger partial charge in [0, 0.05) is 19.1 Å². The van der Waals surface area contributed by atoms with E-state index >= 15 is 0 Å². The van der Waals surface area contributed by atoms with Crippen molar-refractivity contribution < 1.29 is 4.74 Å². The van der Waals surface area contributed by atoms with Crippen LogP contribution in [0.4, 0.5) is 0 Å². The fraction of sp³-hybridized carbons (Fsp3) is 0.267. The van der Waals surface area contributed by atoms with Crippen LogP contribution in [0.1, 0.15) is 5.56 Å². The number of aryl methyl sites for hydroxylation is 1. The third kappa shape index (κ3) is 2.43. The maximum Gasteiger partial charge on any atom is 0.332 e. The first kappa shape index (κ1) is 15.4. The van der Waals surface area contributed by atoms with Crippen molar-refractivity contribution in [1.82, 2.24) is 18.7 Å². The zero-order chi connectivity index (χ0) is 16.7. The lowest BCUT2D eigenvalue weighted by atomic mass is 10.2. The smallest absolute Gasteiger partial charge is 0.332 e. The van der Waals surface area contributed by atoms with Gasteiger partial charge in [0.05, 0.1) is 20.0 Å². The Bertz CT molecular complexity index is 1020. The summed E-state index contributed by atoms with van der Waals surface area (Å²) in [5, 5.41) is 0.564. The van der Waals surface area contributed by atoms with Gasteiger partial charge in [-0.2, -0.15) is 0 Å². The maximum absolute atomic E-state index is 12.4. The van der Waals surface area contributed by atoms with Gasteiger partial charge in [0.1, 0.15) is 5.75 Å². The summed E-state index contributed by atoms with van der Waals surface area (Å²) in [6.07, 6.45) is 1.53. The first-order chi connectivity index (χ1) is 10.9. The number of nitrogens with zero attached hydrogens (tertiary/aromatic N) is 4. The largest absolute Gasteiger partial charge is 0.497 e. The molecule has 0 N–H and O–H groups in total. The van der Waals surface area contributed by atoms with E-state index in [1.54, 1.807) is 36.9 Å². The molecule has 0 amide bonds. The molecule has 0 spiro atoms. The molecule has 0 aliphatic heterocycles. The highest BCUT2D eigenvalue weighted by molar-refractivity contribution is 6.31. The number of halogens is 1. The zero-order valence-electron chi connectivity index (χ0n) is 12.9. The first-order valence-electron chi connectivity index (χ1n) is 6.87. The van der Waals surface area contributed by atoms with E-state index in [-0.39, 0.29) is 5.56 Å². The lowest BCUT2D eigenvalue weighted by molar-refractivity contribution is 0.414. The summed E-state index contributed by atoms with van der Waals surface area (Å²) in [7, 11) is 4.60. The van der Waals surface area contributed by atoms with Gasteiger partial charge in [-0.05, 0) is 23.8 Å². The average molecular weight is 335 g/mol. The summed E-state index contributed by atoms with van der Waals surface area (Å²) in [6, 6.07) is 5.31. The van der Waals surface area contributed by atoms with Crippen LogP contribution in [0, 0.1) is 0 Å². The zero-order valence-corrected chi connectivity index (χ0v) is 13.7. The highest BCUT2D eigenvalue weighted by atomic mass is 35.5. The Morgan fingerprint density at radius 1 is 1.22 bits per heavy atom. The number of rotatable bonds is 3. The molecule has 120 valence electrons. The standard InChI is InChI=1S/C15H15ClN4O3/c1-18-13-12(14(21)19(2)15(18)22)20(8-17-13)7-9-6-10(23-3)4-5-11(9)16/h4-6,8H,7H2,1-3H3. The number of hydrogen-bond acceptors (Lipinski definition) is 4. The van der Waals surface area contributed by atoms with Gasteiger partial charge in [-0.3, -0.25) is 13.9 Å².